The third kappa shape index (κ3) is 2.71. The van der Waals surface area contributed by atoms with E-state index in [9.17, 15) is 4.79 Å². The molecule has 1 aromatic heterocycles. The van der Waals surface area contributed by atoms with Gasteiger partial charge in [-0.05, 0) is 25.5 Å². The third-order valence-corrected chi connectivity index (χ3v) is 2.91. The van der Waals surface area contributed by atoms with Gasteiger partial charge in [-0.2, -0.15) is 0 Å². The second-order valence-electron chi connectivity index (χ2n) is 3.58. The molecule has 0 aromatic carbocycles. The van der Waals surface area contributed by atoms with Gasteiger partial charge < -0.3 is 10.1 Å². The lowest BCUT2D eigenvalue weighted by molar-refractivity contribution is -0.136. The predicted molar refractivity (Wildman–Crippen MR) is 63.6 cm³/mol. The summed E-state index contributed by atoms with van der Waals surface area (Å²) in [5.74, 6) is -0.229. The Balaban J connectivity index is 2.83. The van der Waals surface area contributed by atoms with Crippen molar-refractivity contribution in [2.75, 3.05) is 12.4 Å². The van der Waals surface area contributed by atoms with Gasteiger partial charge in [0.1, 0.15) is 5.60 Å². The number of halogens is 1. The monoisotopic (exact) mass is 242 g/mol. The van der Waals surface area contributed by atoms with E-state index >= 15 is 0 Å². The first-order valence-electron chi connectivity index (χ1n) is 5.00. The largest absolute Gasteiger partial charge is 0.369 e. The summed E-state index contributed by atoms with van der Waals surface area (Å²) in [7, 11) is 1.51. The van der Waals surface area contributed by atoms with Crippen LogP contribution in [0, 0.1) is 0 Å². The Morgan fingerprint density at radius 2 is 2.38 bits per heavy atom. The smallest absolute Gasteiger partial charge is 0.256 e. The minimum absolute atomic E-state index is 0.229. The second kappa shape index (κ2) is 5.27. The van der Waals surface area contributed by atoms with Crippen molar-refractivity contribution in [2.45, 2.75) is 25.9 Å². The number of rotatable bonds is 4. The zero-order chi connectivity index (χ0) is 12.2. The van der Waals surface area contributed by atoms with Crippen molar-refractivity contribution in [3.63, 3.8) is 0 Å². The van der Waals surface area contributed by atoms with Crippen LogP contribution in [0.2, 0.25) is 5.15 Å². The molecule has 1 N–H and O–H groups in total. The molecule has 1 heterocycles. The van der Waals surface area contributed by atoms with E-state index in [1.54, 1.807) is 25.3 Å². The SMILES string of the molecule is CCC(C)(OC)C(=O)Nc1cccnc1Cl. The maximum absolute atomic E-state index is 11.9. The van der Waals surface area contributed by atoms with E-state index in [-0.39, 0.29) is 11.1 Å². The topological polar surface area (TPSA) is 51.2 Å². The van der Waals surface area contributed by atoms with Crippen molar-refractivity contribution >= 4 is 23.2 Å². The van der Waals surface area contributed by atoms with Crippen LogP contribution in [0.3, 0.4) is 0 Å². The number of carbonyl (C=O) groups is 1. The summed E-state index contributed by atoms with van der Waals surface area (Å²) in [6.07, 6.45) is 2.14. The van der Waals surface area contributed by atoms with Crippen LogP contribution in [0.1, 0.15) is 20.3 Å². The molecule has 1 unspecified atom stereocenters. The fourth-order valence-corrected chi connectivity index (χ4v) is 1.30. The number of nitrogens with one attached hydrogen (secondary N) is 1. The average molecular weight is 243 g/mol. The van der Waals surface area contributed by atoms with Gasteiger partial charge in [0, 0.05) is 13.3 Å². The highest BCUT2D eigenvalue weighted by Gasteiger charge is 2.31. The summed E-state index contributed by atoms with van der Waals surface area (Å²) < 4.78 is 5.19. The van der Waals surface area contributed by atoms with Gasteiger partial charge in [-0.15, -0.1) is 0 Å². The highest BCUT2D eigenvalue weighted by molar-refractivity contribution is 6.32. The molecule has 0 spiro atoms. The number of anilines is 1. The van der Waals surface area contributed by atoms with Gasteiger partial charge in [0.15, 0.2) is 5.15 Å². The summed E-state index contributed by atoms with van der Waals surface area (Å²) in [5, 5.41) is 2.96. The van der Waals surface area contributed by atoms with Crippen LogP contribution in [0.5, 0.6) is 0 Å². The van der Waals surface area contributed by atoms with Crippen molar-refractivity contribution in [1.29, 1.82) is 0 Å². The van der Waals surface area contributed by atoms with Crippen LogP contribution in [0.4, 0.5) is 5.69 Å². The fourth-order valence-electron chi connectivity index (χ4n) is 1.13. The molecule has 0 aliphatic heterocycles. The van der Waals surface area contributed by atoms with E-state index in [1.165, 1.54) is 7.11 Å². The Morgan fingerprint density at radius 3 is 2.88 bits per heavy atom. The number of hydrogen-bond donors (Lipinski definition) is 1. The molecule has 4 nitrogen and oxygen atoms in total. The van der Waals surface area contributed by atoms with Gasteiger partial charge in [0.25, 0.3) is 5.91 Å². The van der Waals surface area contributed by atoms with E-state index in [0.717, 1.165) is 0 Å². The van der Waals surface area contributed by atoms with Crippen molar-refractivity contribution in [3.8, 4) is 0 Å². The van der Waals surface area contributed by atoms with E-state index < -0.39 is 5.60 Å². The van der Waals surface area contributed by atoms with Crippen molar-refractivity contribution in [1.82, 2.24) is 4.98 Å². The first-order chi connectivity index (χ1) is 7.53. The number of nitrogens with zero attached hydrogens (tertiary/aromatic N) is 1. The molecule has 0 aliphatic carbocycles. The number of pyridine rings is 1. The number of ether oxygens (including phenoxy) is 1. The number of aromatic nitrogens is 1. The molecule has 5 heteroatoms. The van der Waals surface area contributed by atoms with E-state index in [0.29, 0.717) is 12.1 Å². The normalized spacial score (nSPS) is 14.2. The quantitative estimate of drug-likeness (QED) is 0.826. The minimum Gasteiger partial charge on any atom is -0.369 e. The van der Waals surface area contributed by atoms with Crippen LogP contribution in [0.25, 0.3) is 0 Å². The molecule has 1 amide bonds. The van der Waals surface area contributed by atoms with E-state index in [1.807, 2.05) is 6.92 Å². The van der Waals surface area contributed by atoms with E-state index in [2.05, 4.69) is 10.3 Å². The van der Waals surface area contributed by atoms with Crippen LogP contribution in [-0.4, -0.2) is 23.6 Å². The van der Waals surface area contributed by atoms with Crippen LogP contribution in [-0.2, 0) is 9.53 Å². The summed E-state index contributed by atoms with van der Waals surface area (Å²) in [5.41, 5.74) is -0.356. The van der Waals surface area contributed by atoms with Crippen molar-refractivity contribution in [2.24, 2.45) is 0 Å². The lowest BCUT2D eigenvalue weighted by atomic mass is 10.0. The summed E-state index contributed by atoms with van der Waals surface area (Å²) >= 11 is 5.84. The highest BCUT2D eigenvalue weighted by atomic mass is 35.5. The van der Waals surface area contributed by atoms with Gasteiger partial charge in [-0.1, -0.05) is 18.5 Å². The van der Waals surface area contributed by atoms with Crippen molar-refractivity contribution in [3.05, 3.63) is 23.5 Å². The summed E-state index contributed by atoms with van der Waals surface area (Å²) in [6.45, 7) is 3.61. The molecule has 0 bridgehead atoms. The van der Waals surface area contributed by atoms with Crippen LogP contribution < -0.4 is 5.32 Å². The summed E-state index contributed by atoms with van der Waals surface area (Å²) in [6, 6.07) is 3.40. The molecule has 1 atom stereocenters. The maximum atomic E-state index is 11.9. The zero-order valence-electron chi connectivity index (χ0n) is 9.58. The predicted octanol–water partition coefficient (Wildman–Crippen LogP) is 2.49. The first-order valence-corrected chi connectivity index (χ1v) is 5.38. The molecule has 0 saturated heterocycles. The number of methoxy groups -OCH3 is 1. The lowest BCUT2D eigenvalue weighted by Gasteiger charge is -2.25. The van der Waals surface area contributed by atoms with Gasteiger partial charge in [0.05, 0.1) is 5.69 Å². The van der Waals surface area contributed by atoms with Gasteiger partial charge in [-0.3, -0.25) is 4.79 Å². The van der Waals surface area contributed by atoms with Gasteiger partial charge in [-0.25, -0.2) is 4.98 Å². The van der Waals surface area contributed by atoms with Gasteiger partial charge >= 0.3 is 0 Å². The number of amides is 1. The first kappa shape index (κ1) is 12.9. The molecule has 88 valence electrons. The number of carbonyl (C=O) groups excluding carboxylic acids is 1. The molecule has 1 aromatic rings. The lowest BCUT2D eigenvalue weighted by Crippen LogP contribution is -2.41. The second-order valence-corrected chi connectivity index (χ2v) is 3.94. The summed E-state index contributed by atoms with van der Waals surface area (Å²) in [4.78, 5) is 15.8. The molecule has 0 aliphatic rings. The standard InChI is InChI=1S/C11H15ClN2O2/c1-4-11(2,16-3)10(15)14-8-6-5-7-13-9(8)12/h5-7H,4H2,1-3H3,(H,14,15). The van der Waals surface area contributed by atoms with Crippen LogP contribution >= 0.6 is 11.6 Å². The fraction of sp³-hybridized carbons (Fsp3) is 0.455. The molecular formula is C11H15ClN2O2. The minimum atomic E-state index is -0.848. The molecular weight excluding hydrogens is 228 g/mol. The molecule has 0 saturated carbocycles. The van der Waals surface area contributed by atoms with Crippen molar-refractivity contribution < 1.29 is 9.53 Å². The Hall–Kier alpha value is -1.13. The Labute approximate surface area is 100.0 Å². The molecule has 0 radical (unpaired) electrons. The zero-order valence-corrected chi connectivity index (χ0v) is 10.3. The third-order valence-electron chi connectivity index (χ3n) is 2.61. The Bertz CT molecular complexity index is 378. The highest BCUT2D eigenvalue weighted by Crippen LogP contribution is 2.21. The van der Waals surface area contributed by atoms with E-state index in [4.69, 9.17) is 16.3 Å². The maximum Gasteiger partial charge on any atom is 0.256 e. The Morgan fingerprint density at radius 1 is 1.69 bits per heavy atom. The van der Waals surface area contributed by atoms with Gasteiger partial charge in [0.2, 0.25) is 0 Å². The average Bonchev–Trinajstić information content (AvgIpc) is 2.31. The molecule has 1 rings (SSSR count). The number of hydrogen-bond acceptors (Lipinski definition) is 3. The molecule has 16 heavy (non-hydrogen) atoms. The molecule has 0 fully saturated rings. The van der Waals surface area contributed by atoms with Crippen LogP contribution in [0.15, 0.2) is 18.3 Å². The Kier molecular flexibility index (Phi) is 4.26.